The average Bonchev–Trinajstić information content (AvgIpc) is 3.48. The molecule has 6 aromatic rings. The number of amides is 1. The van der Waals surface area contributed by atoms with Crippen LogP contribution < -0.4 is 0 Å². The Morgan fingerprint density at radius 2 is 1.64 bits per heavy atom. The van der Waals surface area contributed by atoms with E-state index in [1.54, 1.807) is 0 Å². The summed E-state index contributed by atoms with van der Waals surface area (Å²) in [5.74, 6) is -0.0643. The number of H-pyrrole nitrogens is 1. The number of fused-ring (bicyclic) bond motifs is 4. The van der Waals surface area contributed by atoms with E-state index in [0.717, 1.165) is 16.6 Å². The van der Waals surface area contributed by atoms with E-state index in [1.165, 1.54) is 0 Å². The van der Waals surface area contributed by atoms with Crippen molar-refractivity contribution in [1.82, 2.24) is 18.9 Å². The second-order valence-corrected chi connectivity index (χ2v) is 7.73. The number of imidazole rings is 2. The molecule has 0 saturated carbocycles. The molecule has 3 heterocycles. The van der Waals surface area contributed by atoms with Crippen molar-refractivity contribution in [2.24, 2.45) is 17.3 Å². The number of rotatable bonds is 3. The number of hydrogen-bond donors (Lipinski definition) is 2. The van der Waals surface area contributed by atoms with Crippen LogP contribution >= 0.6 is 0 Å². The summed E-state index contributed by atoms with van der Waals surface area (Å²) >= 11 is 0. The van der Waals surface area contributed by atoms with Gasteiger partial charge in [-0.1, -0.05) is 60.7 Å². The maximum absolute atomic E-state index is 13.5. The van der Waals surface area contributed by atoms with Crippen LogP contribution in [0.5, 0.6) is 5.88 Å². The van der Waals surface area contributed by atoms with E-state index >= 15 is 0 Å². The van der Waals surface area contributed by atoms with E-state index in [1.807, 2.05) is 94.9 Å². The Bertz CT molecular complexity index is 1710. The molecule has 0 aliphatic heterocycles. The molecule has 0 bridgehead atoms. The first-order chi connectivity index (χ1) is 16.1. The zero-order valence-corrected chi connectivity index (χ0v) is 17.6. The van der Waals surface area contributed by atoms with Crippen LogP contribution in [0.3, 0.4) is 0 Å². The predicted molar refractivity (Wildman–Crippen MR) is 126 cm³/mol. The van der Waals surface area contributed by atoms with Gasteiger partial charge in [0.2, 0.25) is 11.7 Å². The van der Waals surface area contributed by atoms with Gasteiger partial charge in [-0.05, 0) is 18.2 Å². The Labute approximate surface area is 187 Å². The van der Waals surface area contributed by atoms with Gasteiger partial charge in [0.1, 0.15) is 11.4 Å². The summed E-state index contributed by atoms with van der Waals surface area (Å²) in [6.07, 6.45) is 0. The highest BCUT2D eigenvalue weighted by Gasteiger charge is 2.25. The number of aromatic nitrogens is 4. The second-order valence-electron chi connectivity index (χ2n) is 7.73. The van der Waals surface area contributed by atoms with E-state index in [9.17, 15) is 9.90 Å². The summed E-state index contributed by atoms with van der Waals surface area (Å²) < 4.78 is 3.76. The quantitative estimate of drug-likeness (QED) is 0.354. The molecule has 0 fully saturated rings. The Hall–Kier alpha value is -4.72. The first-order valence-corrected chi connectivity index (χ1v) is 10.4. The monoisotopic (exact) mass is 434 g/mol. The van der Waals surface area contributed by atoms with Crippen LogP contribution in [0, 0.1) is 0 Å². The van der Waals surface area contributed by atoms with Gasteiger partial charge in [-0.15, -0.1) is 10.2 Å². The summed E-state index contributed by atoms with van der Waals surface area (Å²) in [4.78, 5) is 21.1. The standard InChI is InChI=1S/C25H18N6O2/c1-30-18-13-7-8-14-19(18)31-22(20(27-25(30)31)15-9-3-2-4-10-15)24(33)29-28-21-16-11-5-6-12-17(16)26-23(21)32/h2-14,26,32H,1H3. The number of aromatic hydroxyl groups is 1. The number of nitrogens with zero attached hydrogens (tertiary/aromatic N) is 5. The molecule has 2 N–H and O–H groups in total. The molecule has 8 nitrogen and oxygen atoms in total. The number of nitrogens with one attached hydrogen (secondary N) is 1. The third kappa shape index (κ3) is 2.85. The Morgan fingerprint density at radius 1 is 0.939 bits per heavy atom. The van der Waals surface area contributed by atoms with Gasteiger partial charge < -0.3 is 14.7 Å². The van der Waals surface area contributed by atoms with Gasteiger partial charge in [0, 0.05) is 18.0 Å². The van der Waals surface area contributed by atoms with Gasteiger partial charge in [-0.25, -0.2) is 4.98 Å². The summed E-state index contributed by atoms with van der Waals surface area (Å²) in [6, 6.07) is 24.6. The maximum atomic E-state index is 13.5. The van der Waals surface area contributed by atoms with E-state index in [0.29, 0.717) is 28.1 Å². The van der Waals surface area contributed by atoms with Crippen LogP contribution in [-0.2, 0) is 7.05 Å². The number of carbonyl (C=O) groups is 1. The third-order valence-electron chi connectivity index (χ3n) is 5.79. The van der Waals surface area contributed by atoms with Crippen molar-refractivity contribution in [1.29, 1.82) is 0 Å². The SMILES string of the molecule is Cn1c2ccccc2n2c(C(=O)N=Nc3c(O)[nH]c4ccccc34)c(-c3ccccc3)nc12. The molecule has 0 aliphatic carbocycles. The minimum Gasteiger partial charge on any atom is -0.493 e. The average molecular weight is 434 g/mol. The van der Waals surface area contributed by atoms with E-state index in [4.69, 9.17) is 4.98 Å². The smallest absolute Gasteiger partial charge is 0.314 e. The molecule has 6 rings (SSSR count). The van der Waals surface area contributed by atoms with Crippen LogP contribution in [0.15, 0.2) is 89.1 Å². The van der Waals surface area contributed by atoms with Gasteiger partial charge in [0.25, 0.3) is 0 Å². The fourth-order valence-corrected chi connectivity index (χ4v) is 4.26. The van der Waals surface area contributed by atoms with Crippen molar-refractivity contribution in [3.63, 3.8) is 0 Å². The van der Waals surface area contributed by atoms with Gasteiger partial charge >= 0.3 is 5.91 Å². The first-order valence-electron chi connectivity index (χ1n) is 10.4. The highest BCUT2D eigenvalue weighted by atomic mass is 16.3. The molecule has 0 saturated heterocycles. The molecule has 1 amide bonds. The second kappa shape index (κ2) is 7.16. The highest BCUT2D eigenvalue weighted by molar-refractivity contribution is 6.02. The van der Waals surface area contributed by atoms with Crippen molar-refractivity contribution in [2.75, 3.05) is 0 Å². The molecule has 3 aromatic carbocycles. The van der Waals surface area contributed by atoms with E-state index in [-0.39, 0.29) is 11.6 Å². The molecule has 160 valence electrons. The predicted octanol–water partition coefficient (Wildman–Crippen LogP) is 5.60. The zero-order chi connectivity index (χ0) is 22.5. The molecule has 0 aliphatic rings. The fourth-order valence-electron chi connectivity index (χ4n) is 4.26. The van der Waals surface area contributed by atoms with Crippen LogP contribution in [0.4, 0.5) is 5.69 Å². The van der Waals surface area contributed by atoms with Crippen LogP contribution in [0.2, 0.25) is 0 Å². The Morgan fingerprint density at radius 3 is 2.45 bits per heavy atom. The highest BCUT2D eigenvalue weighted by Crippen LogP contribution is 2.36. The lowest BCUT2D eigenvalue weighted by Gasteiger charge is -2.02. The largest absolute Gasteiger partial charge is 0.493 e. The minimum absolute atomic E-state index is 0.139. The van der Waals surface area contributed by atoms with Crippen LogP contribution in [0.1, 0.15) is 10.5 Å². The number of azo groups is 1. The molecule has 0 unspecified atom stereocenters. The van der Waals surface area contributed by atoms with Crippen molar-refractivity contribution in [3.05, 3.63) is 84.6 Å². The zero-order valence-electron chi connectivity index (χ0n) is 17.6. The lowest BCUT2D eigenvalue weighted by molar-refractivity contribution is 0.0990. The molecule has 33 heavy (non-hydrogen) atoms. The van der Waals surface area contributed by atoms with Crippen LogP contribution in [-0.4, -0.2) is 29.9 Å². The molecular weight excluding hydrogens is 416 g/mol. The summed E-state index contributed by atoms with van der Waals surface area (Å²) in [7, 11) is 1.92. The Kier molecular flexibility index (Phi) is 4.13. The molecule has 3 aromatic heterocycles. The molecule has 8 heteroatoms. The number of carbonyl (C=O) groups excluding carboxylic acids is 1. The molecular formula is C25H18N6O2. The topological polar surface area (TPSA) is 100 Å². The first kappa shape index (κ1) is 19.0. The number of benzene rings is 3. The normalized spacial score (nSPS) is 11.9. The minimum atomic E-state index is -0.553. The summed E-state index contributed by atoms with van der Waals surface area (Å²) in [5, 5.41) is 19.1. The molecule has 0 radical (unpaired) electrons. The lowest BCUT2D eigenvalue weighted by atomic mass is 10.1. The van der Waals surface area contributed by atoms with Crippen LogP contribution in [0.25, 0.3) is 39.0 Å². The van der Waals surface area contributed by atoms with Gasteiger partial charge in [-0.2, -0.15) is 0 Å². The molecule has 0 spiro atoms. The fraction of sp³-hybridized carbons (Fsp3) is 0.0400. The van der Waals surface area contributed by atoms with Gasteiger partial charge in [0.05, 0.1) is 16.6 Å². The van der Waals surface area contributed by atoms with Crippen molar-refractivity contribution < 1.29 is 9.90 Å². The van der Waals surface area contributed by atoms with Crippen molar-refractivity contribution in [3.8, 4) is 17.1 Å². The number of para-hydroxylation sites is 3. The summed E-state index contributed by atoms with van der Waals surface area (Å²) in [6.45, 7) is 0. The van der Waals surface area contributed by atoms with Crippen molar-refractivity contribution >= 4 is 39.3 Å². The Balaban J connectivity index is 1.57. The molecule has 0 atom stereocenters. The summed E-state index contributed by atoms with van der Waals surface area (Å²) in [5.41, 5.74) is 4.37. The van der Waals surface area contributed by atoms with Gasteiger partial charge in [-0.3, -0.25) is 9.20 Å². The third-order valence-corrected chi connectivity index (χ3v) is 5.79. The van der Waals surface area contributed by atoms with E-state index < -0.39 is 5.91 Å². The van der Waals surface area contributed by atoms with E-state index in [2.05, 4.69) is 15.2 Å². The number of aromatic amines is 1. The lowest BCUT2D eigenvalue weighted by Crippen LogP contribution is -2.01. The maximum Gasteiger partial charge on any atom is 0.314 e. The number of aryl methyl sites for hydroxylation is 1. The number of hydrogen-bond acceptors (Lipinski definition) is 4. The van der Waals surface area contributed by atoms with Crippen molar-refractivity contribution in [2.45, 2.75) is 0 Å². The van der Waals surface area contributed by atoms with Gasteiger partial charge in [0.15, 0.2) is 5.69 Å².